The minimum absolute atomic E-state index is 0.00485. The molecule has 0 aromatic heterocycles. The van der Waals surface area contributed by atoms with Crippen LogP contribution in [0.2, 0.25) is 0 Å². The number of carbonyl (C=O) groups is 1. The monoisotopic (exact) mass is 303 g/mol. The van der Waals surface area contributed by atoms with E-state index in [4.69, 9.17) is 0 Å². The molecule has 1 amide bonds. The lowest BCUT2D eigenvalue weighted by Crippen LogP contribution is -2.45. The second kappa shape index (κ2) is 7.52. The van der Waals surface area contributed by atoms with E-state index in [1.807, 2.05) is 0 Å². The lowest BCUT2D eigenvalue weighted by molar-refractivity contribution is -0.130. The predicted molar refractivity (Wildman–Crippen MR) is 77.1 cm³/mol. The Hall–Kier alpha value is -0.710. The van der Waals surface area contributed by atoms with Gasteiger partial charge in [-0.1, -0.05) is 19.3 Å². The second-order valence-electron chi connectivity index (χ2n) is 6.66. The van der Waals surface area contributed by atoms with Gasteiger partial charge in [-0.25, -0.2) is 8.78 Å². The van der Waals surface area contributed by atoms with Crippen molar-refractivity contribution in [2.24, 2.45) is 11.8 Å². The minimum atomic E-state index is -2.59. The van der Waals surface area contributed by atoms with Crippen LogP contribution in [0.5, 0.6) is 0 Å². The van der Waals surface area contributed by atoms with Crippen LogP contribution in [0.25, 0.3) is 0 Å². The zero-order valence-corrected chi connectivity index (χ0v) is 12.6. The molecule has 5 heteroatoms. The number of alkyl halides is 2. The fourth-order valence-corrected chi connectivity index (χ4v) is 3.70. The van der Waals surface area contributed by atoms with Gasteiger partial charge in [0.05, 0.1) is 0 Å². The maximum atomic E-state index is 13.2. The zero-order chi connectivity index (χ0) is 15.3. The Kier molecular flexibility index (Phi) is 5.97. The standard InChI is InChI=1S/C16H27F2NO2/c17-16(18)9-6-13(7-10-16)15(21)19-14(8-11-20)12-4-2-1-3-5-12/h12-14,20H,1-11H2,(H,19,21). The van der Waals surface area contributed by atoms with E-state index < -0.39 is 5.92 Å². The Bertz CT molecular complexity index is 333. The Balaban J connectivity index is 1.86. The van der Waals surface area contributed by atoms with Gasteiger partial charge in [0.15, 0.2) is 0 Å². The number of hydrogen-bond donors (Lipinski definition) is 2. The number of halogens is 2. The van der Waals surface area contributed by atoms with Crippen LogP contribution in [-0.4, -0.2) is 29.6 Å². The fraction of sp³-hybridized carbons (Fsp3) is 0.938. The van der Waals surface area contributed by atoms with Crippen molar-refractivity contribution >= 4 is 5.91 Å². The number of hydrogen-bond acceptors (Lipinski definition) is 2. The molecule has 21 heavy (non-hydrogen) atoms. The lowest BCUT2D eigenvalue weighted by atomic mass is 9.81. The van der Waals surface area contributed by atoms with Crippen LogP contribution >= 0.6 is 0 Å². The van der Waals surface area contributed by atoms with Crippen molar-refractivity contribution in [3.63, 3.8) is 0 Å². The van der Waals surface area contributed by atoms with E-state index in [-0.39, 0.29) is 50.2 Å². The summed E-state index contributed by atoms with van der Waals surface area (Å²) in [4.78, 5) is 12.3. The number of amides is 1. The van der Waals surface area contributed by atoms with E-state index in [2.05, 4.69) is 5.32 Å². The van der Waals surface area contributed by atoms with Crippen LogP contribution in [0, 0.1) is 11.8 Å². The van der Waals surface area contributed by atoms with E-state index in [1.54, 1.807) is 0 Å². The number of nitrogens with one attached hydrogen (secondary N) is 1. The van der Waals surface area contributed by atoms with Crippen LogP contribution < -0.4 is 5.32 Å². The molecule has 0 radical (unpaired) electrons. The third kappa shape index (κ3) is 4.90. The molecule has 0 spiro atoms. The second-order valence-corrected chi connectivity index (χ2v) is 6.66. The Morgan fingerprint density at radius 2 is 1.76 bits per heavy atom. The maximum Gasteiger partial charge on any atom is 0.248 e. The number of aliphatic hydroxyl groups excluding tert-OH is 1. The molecule has 0 aromatic carbocycles. The highest BCUT2D eigenvalue weighted by molar-refractivity contribution is 5.79. The smallest absolute Gasteiger partial charge is 0.248 e. The van der Waals surface area contributed by atoms with Crippen molar-refractivity contribution in [1.82, 2.24) is 5.32 Å². The topological polar surface area (TPSA) is 49.3 Å². The highest BCUT2D eigenvalue weighted by atomic mass is 19.3. The summed E-state index contributed by atoms with van der Waals surface area (Å²) in [7, 11) is 0. The molecule has 0 bridgehead atoms. The van der Waals surface area contributed by atoms with Crippen LogP contribution in [0.15, 0.2) is 0 Å². The normalized spacial score (nSPS) is 25.5. The van der Waals surface area contributed by atoms with Gasteiger partial charge in [0.1, 0.15) is 0 Å². The first-order chi connectivity index (χ1) is 10.0. The summed E-state index contributed by atoms with van der Waals surface area (Å²) in [6.07, 6.45) is 6.54. The number of carbonyl (C=O) groups excluding carboxylic acids is 1. The van der Waals surface area contributed by atoms with Gasteiger partial charge in [0, 0.05) is 31.4 Å². The van der Waals surface area contributed by atoms with Crippen molar-refractivity contribution in [3.05, 3.63) is 0 Å². The van der Waals surface area contributed by atoms with Gasteiger partial charge in [-0.05, 0) is 38.0 Å². The van der Waals surface area contributed by atoms with Crippen molar-refractivity contribution in [1.29, 1.82) is 0 Å². The van der Waals surface area contributed by atoms with Gasteiger partial charge < -0.3 is 10.4 Å². The van der Waals surface area contributed by atoms with E-state index in [1.165, 1.54) is 19.3 Å². The summed E-state index contributed by atoms with van der Waals surface area (Å²) in [5, 5.41) is 12.2. The number of aliphatic hydroxyl groups is 1. The van der Waals surface area contributed by atoms with Crippen LogP contribution in [-0.2, 0) is 4.79 Å². The van der Waals surface area contributed by atoms with Crippen molar-refractivity contribution in [2.45, 2.75) is 76.2 Å². The van der Waals surface area contributed by atoms with Gasteiger partial charge in [-0.2, -0.15) is 0 Å². The predicted octanol–water partition coefficient (Wildman–Crippen LogP) is 3.26. The van der Waals surface area contributed by atoms with Gasteiger partial charge in [0.25, 0.3) is 0 Å². The molecule has 2 saturated carbocycles. The highest BCUT2D eigenvalue weighted by Gasteiger charge is 2.38. The third-order valence-electron chi connectivity index (χ3n) is 5.07. The average Bonchev–Trinajstić information content (AvgIpc) is 2.47. The molecule has 3 nitrogen and oxygen atoms in total. The molecule has 122 valence electrons. The lowest BCUT2D eigenvalue weighted by Gasteiger charge is -2.33. The van der Waals surface area contributed by atoms with Gasteiger partial charge in [-0.3, -0.25) is 4.79 Å². The first kappa shape index (κ1) is 16.7. The maximum absolute atomic E-state index is 13.2. The fourth-order valence-electron chi connectivity index (χ4n) is 3.70. The molecule has 0 saturated heterocycles. The summed E-state index contributed by atoms with van der Waals surface area (Å²) in [6.45, 7) is 0.0597. The summed E-state index contributed by atoms with van der Waals surface area (Å²) in [6, 6.07) is 0.00485. The van der Waals surface area contributed by atoms with Gasteiger partial charge in [0.2, 0.25) is 11.8 Å². The Labute approximate surface area is 125 Å². The van der Waals surface area contributed by atoms with Crippen molar-refractivity contribution < 1.29 is 18.7 Å². The largest absolute Gasteiger partial charge is 0.396 e. The first-order valence-electron chi connectivity index (χ1n) is 8.31. The van der Waals surface area contributed by atoms with Gasteiger partial charge >= 0.3 is 0 Å². The number of rotatable bonds is 5. The molecule has 2 aliphatic carbocycles. The quantitative estimate of drug-likeness (QED) is 0.819. The van der Waals surface area contributed by atoms with Crippen LogP contribution in [0.3, 0.4) is 0 Å². The molecule has 1 unspecified atom stereocenters. The SMILES string of the molecule is O=C(NC(CCO)C1CCCCC1)C1CCC(F)(F)CC1. The molecule has 2 aliphatic rings. The first-order valence-corrected chi connectivity index (χ1v) is 8.31. The minimum Gasteiger partial charge on any atom is -0.396 e. The molecule has 2 N–H and O–H groups in total. The van der Waals surface area contributed by atoms with E-state index in [9.17, 15) is 18.7 Å². The third-order valence-corrected chi connectivity index (χ3v) is 5.07. The molecule has 0 aliphatic heterocycles. The van der Waals surface area contributed by atoms with E-state index in [0.29, 0.717) is 12.3 Å². The molecule has 2 rings (SSSR count). The molecule has 0 aromatic rings. The van der Waals surface area contributed by atoms with Crippen LogP contribution in [0.4, 0.5) is 8.78 Å². The summed E-state index contributed by atoms with van der Waals surface area (Å²) < 4.78 is 26.3. The summed E-state index contributed by atoms with van der Waals surface area (Å²) >= 11 is 0. The average molecular weight is 303 g/mol. The van der Waals surface area contributed by atoms with Crippen molar-refractivity contribution in [3.8, 4) is 0 Å². The van der Waals surface area contributed by atoms with Crippen molar-refractivity contribution in [2.75, 3.05) is 6.61 Å². The summed E-state index contributed by atoms with van der Waals surface area (Å²) in [5.41, 5.74) is 0. The Morgan fingerprint density at radius 1 is 1.14 bits per heavy atom. The Morgan fingerprint density at radius 3 is 2.33 bits per heavy atom. The van der Waals surface area contributed by atoms with Crippen LogP contribution in [0.1, 0.15) is 64.2 Å². The molecular formula is C16H27F2NO2. The zero-order valence-electron chi connectivity index (χ0n) is 12.6. The highest BCUT2D eigenvalue weighted by Crippen LogP contribution is 2.36. The molecule has 0 heterocycles. The van der Waals surface area contributed by atoms with E-state index in [0.717, 1.165) is 12.8 Å². The molecule has 2 fully saturated rings. The van der Waals surface area contributed by atoms with Gasteiger partial charge in [-0.15, -0.1) is 0 Å². The van der Waals surface area contributed by atoms with E-state index >= 15 is 0 Å². The summed E-state index contributed by atoms with van der Waals surface area (Å²) in [5.74, 6) is -2.53. The molecular weight excluding hydrogens is 276 g/mol. The molecule has 1 atom stereocenters.